The van der Waals surface area contributed by atoms with Crippen molar-refractivity contribution in [2.45, 2.75) is 6.92 Å². The van der Waals surface area contributed by atoms with Gasteiger partial charge < -0.3 is 5.32 Å². The summed E-state index contributed by atoms with van der Waals surface area (Å²) in [6, 6.07) is 11.1. The maximum absolute atomic E-state index is 11.3. The van der Waals surface area contributed by atoms with Gasteiger partial charge in [0.25, 0.3) is 0 Å². The Balaban J connectivity index is 2.23. The number of urea groups is 1. The molecule has 2 rings (SSSR count). The number of aromatic nitrogens is 2. The zero-order valence-electron chi connectivity index (χ0n) is 10.1. The summed E-state index contributed by atoms with van der Waals surface area (Å²) in [5.74, 6) is 0. The van der Waals surface area contributed by atoms with Gasteiger partial charge in [0.15, 0.2) is 0 Å². The first-order chi connectivity index (χ1) is 8.79. The van der Waals surface area contributed by atoms with Crippen LogP contribution in [0.25, 0.3) is 5.69 Å². The number of benzene rings is 1. The minimum absolute atomic E-state index is 0.350. The van der Waals surface area contributed by atoms with Crippen LogP contribution in [-0.2, 0) is 0 Å². The summed E-state index contributed by atoms with van der Waals surface area (Å²) < 4.78 is 1.72. The Kier molecular flexibility index (Phi) is 3.86. The van der Waals surface area contributed by atoms with Crippen LogP contribution in [0.3, 0.4) is 0 Å². The van der Waals surface area contributed by atoms with E-state index >= 15 is 0 Å². The summed E-state index contributed by atoms with van der Waals surface area (Å²) >= 11 is 0. The summed E-state index contributed by atoms with van der Waals surface area (Å²) in [6.45, 7) is 2.41. The van der Waals surface area contributed by atoms with E-state index in [1.165, 1.54) is 0 Å². The molecule has 0 aliphatic carbocycles. The number of para-hydroxylation sites is 1. The summed E-state index contributed by atoms with van der Waals surface area (Å²) in [5, 5.41) is 7.34. The van der Waals surface area contributed by atoms with E-state index in [2.05, 4.69) is 15.4 Å². The van der Waals surface area contributed by atoms with Crippen LogP contribution in [0.4, 0.5) is 4.79 Å². The second kappa shape index (κ2) is 5.77. The van der Waals surface area contributed by atoms with E-state index in [0.717, 1.165) is 5.69 Å². The second-order valence-electron chi connectivity index (χ2n) is 3.61. The SMILES string of the molecule is CCNC(=O)/N=c1\ccn(-c2ccccc2)nc1. The van der Waals surface area contributed by atoms with Crippen molar-refractivity contribution in [2.24, 2.45) is 4.99 Å². The Morgan fingerprint density at radius 3 is 2.72 bits per heavy atom. The summed E-state index contributed by atoms with van der Waals surface area (Å²) in [4.78, 5) is 15.1. The number of nitrogens with one attached hydrogen (secondary N) is 1. The van der Waals surface area contributed by atoms with Gasteiger partial charge in [-0.3, -0.25) is 0 Å². The smallest absolute Gasteiger partial charge is 0.336 e. The maximum atomic E-state index is 11.3. The molecule has 18 heavy (non-hydrogen) atoms. The number of hydrogen-bond donors (Lipinski definition) is 1. The minimum Gasteiger partial charge on any atom is -0.336 e. The fraction of sp³-hybridized carbons (Fsp3) is 0.154. The quantitative estimate of drug-likeness (QED) is 0.867. The molecule has 0 fully saturated rings. The predicted molar refractivity (Wildman–Crippen MR) is 68.2 cm³/mol. The molecule has 0 saturated heterocycles. The molecular weight excluding hydrogens is 228 g/mol. The molecule has 0 aliphatic heterocycles. The van der Waals surface area contributed by atoms with E-state index in [0.29, 0.717) is 11.9 Å². The number of amides is 2. The van der Waals surface area contributed by atoms with Gasteiger partial charge in [0.05, 0.1) is 17.2 Å². The van der Waals surface area contributed by atoms with E-state index < -0.39 is 0 Å². The normalized spacial score (nSPS) is 11.3. The minimum atomic E-state index is -0.350. The molecule has 0 saturated carbocycles. The molecule has 0 radical (unpaired) electrons. The number of rotatable bonds is 2. The molecule has 0 bridgehead atoms. The highest BCUT2D eigenvalue weighted by Gasteiger charge is 1.95. The number of hydrogen-bond acceptors (Lipinski definition) is 2. The van der Waals surface area contributed by atoms with Crippen molar-refractivity contribution in [1.82, 2.24) is 15.1 Å². The zero-order chi connectivity index (χ0) is 12.8. The van der Waals surface area contributed by atoms with Gasteiger partial charge >= 0.3 is 6.03 Å². The lowest BCUT2D eigenvalue weighted by molar-refractivity contribution is 0.249. The molecule has 92 valence electrons. The number of nitrogens with zero attached hydrogens (tertiary/aromatic N) is 3. The standard InChI is InChI=1S/C13H14N4O/c1-2-14-13(18)16-11-8-9-17(15-10-11)12-6-4-3-5-7-12/h3-10H,2H2,1H3,(H,14,18)/b16-11+. The highest BCUT2D eigenvalue weighted by Crippen LogP contribution is 2.02. The Morgan fingerprint density at radius 1 is 1.33 bits per heavy atom. The predicted octanol–water partition coefficient (Wildman–Crippen LogP) is 1.50. The molecule has 0 aliphatic rings. The third-order valence-electron chi connectivity index (χ3n) is 2.28. The van der Waals surface area contributed by atoms with Crippen molar-refractivity contribution < 1.29 is 4.79 Å². The van der Waals surface area contributed by atoms with Gasteiger partial charge in [-0.15, -0.1) is 0 Å². The third-order valence-corrected chi connectivity index (χ3v) is 2.28. The van der Waals surface area contributed by atoms with Crippen LogP contribution in [-0.4, -0.2) is 22.4 Å². The van der Waals surface area contributed by atoms with Gasteiger partial charge in [0, 0.05) is 12.7 Å². The lowest BCUT2D eigenvalue weighted by Gasteiger charge is -2.03. The molecule has 1 heterocycles. The van der Waals surface area contributed by atoms with Crippen LogP contribution in [0.15, 0.2) is 53.8 Å². The lowest BCUT2D eigenvalue weighted by Crippen LogP contribution is -2.22. The summed E-state index contributed by atoms with van der Waals surface area (Å²) in [7, 11) is 0. The average Bonchev–Trinajstić information content (AvgIpc) is 2.41. The van der Waals surface area contributed by atoms with E-state index in [4.69, 9.17) is 0 Å². The van der Waals surface area contributed by atoms with E-state index in [1.54, 1.807) is 23.1 Å². The van der Waals surface area contributed by atoms with E-state index in [-0.39, 0.29) is 6.03 Å². The molecule has 0 atom stereocenters. The first-order valence-corrected chi connectivity index (χ1v) is 5.72. The number of carbonyl (C=O) groups is 1. The molecule has 5 nitrogen and oxygen atoms in total. The van der Waals surface area contributed by atoms with Crippen LogP contribution < -0.4 is 10.7 Å². The monoisotopic (exact) mass is 242 g/mol. The maximum Gasteiger partial charge on any atom is 0.341 e. The number of carbonyl (C=O) groups excluding carboxylic acids is 1. The van der Waals surface area contributed by atoms with Gasteiger partial charge in [0.1, 0.15) is 0 Å². The van der Waals surface area contributed by atoms with Crippen LogP contribution in [0.5, 0.6) is 0 Å². The van der Waals surface area contributed by atoms with Crippen LogP contribution >= 0.6 is 0 Å². The Labute approximate surface area is 105 Å². The molecule has 1 N–H and O–H groups in total. The highest BCUT2D eigenvalue weighted by atomic mass is 16.2. The van der Waals surface area contributed by atoms with Crippen molar-refractivity contribution in [3.8, 4) is 5.69 Å². The third kappa shape index (κ3) is 3.04. The first kappa shape index (κ1) is 12.0. The fourth-order valence-corrected chi connectivity index (χ4v) is 1.46. The highest BCUT2D eigenvalue weighted by molar-refractivity contribution is 5.74. The van der Waals surface area contributed by atoms with Crippen molar-refractivity contribution in [3.63, 3.8) is 0 Å². The molecule has 0 unspecified atom stereocenters. The average molecular weight is 242 g/mol. The second-order valence-corrected chi connectivity index (χ2v) is 3.61. The van der Waals surface area contributed by atoms with Crippen molar-refractivity contribution in [2.75, 3.05) is 6.54 Å². The van der Waals surface area contributed by atoms with Gasteiger partial charge in [-0.1, -0.05) is 18.2 Å². The van der Waals surface area contributed by atoms with Crippen LogP contribution in [0.2, 0.25) is 0 Å². The van der Waals surface area contributed by atoms with Gasteiger partial charge in [0.2, 0.25) is 0 Å². The molecule has 2 aromatic rings. The van der Waals surface area contributed by atoms with Crippen LogP contribution in [0.1, 0.15) is 6.92 Å². The first-order valence-electron chi connectivity index (χ1n) is 5.72. The molecular formula is C13H14N4O. The van der Waals surface area contributed by atoms with Crippen molar-refractivity contribution >= 4 is 6.03 Å². The Morgan fingerprint density at radius 2 is 2.11 bits per heavy atom. The zero-order valence-corrected chi connectivity index (χ0v) is 10.1. The van der Waals surface area contributed by atoms with E-state index in [9.17, 15) is 4.79 Å². The lowest BCUT2D eigenvalue weighted by atomic mass is 10.3. The molecule has 0 spiro atoms. The molecule has 1 aromatic carbocycles. The Hall–Kier alpha value is -2.43. The van der Waals surface area contributed by atoms with Gasteiger partial charge in [-0.25, -0.2) is 9.48 Å². The summed E-state index contributed by atoms with van der Waals surface area (Å²) in [5.41, 5.74) is 0.960. The Bertz CT molecular complexity index is 569. The van der Waals surface area contributed by atoms with Crippen molar-refractivity contribution in [3.05, 3.63) is 54.1 Å². The van der Waals surface area contributed by atoms with Gasteiger partial charge in [-0.05, 0) is 25.1 Å². The van der Waals surface area contributed by atoms with Gasteiger partial charge in [-0.2, -0.15) is 10.1 Å². The van der Waals surface area contributed by atoms with E-state index in [1.807, 2.05) is 37.3 Å². The topological polar surface area (TPSA) is 59.3 Å². The van der Waals surface area contributed by atoms with Crippen LogP contribution in [0, 0.1) is 0 Å². The molecule has 1 aromatic heterocycles. The largest absolute Gasteiger partial charge is 0.341 e. The van der Waals surface area contributed by atoms with Crippen molar-refractivity contribution in [1.29, 1.82) is 0 Å². The summed E-state index contributed by atoms with van der Waals surface area (Å²) in [6.07, 6.45) is 3.33. The molecule has 5 heteroatoms. The molecule has 2 amide bonds. The fourth-order valence-electron chi connectivity index (χ4n) is 1.46.